The number of nitro benzene ring substituents is 1. The van der Waals surface area contributed by atoms with Crippen LogP contribution in [0.15, 0.2) is 40.9 Å². The summed E-state index contributed by atoms with van der Waals surface area (Å²) in [5.74, 6) is -2.80. The SMILES string of the molecule is O=C(Nc1c(F)cccc1[N+](=O)[O-])c1cccc(Br)c1F. The molecule has 0 heterocycles. The Kier molecular flexibility index (Phi) is 4.27. The molecule has 0 bridgehead atoms. The Morgan fingerprint density at radius 3 is 2.52 bits per heavy atom. The Balaban J connectivity index is 2.41. The van der Waals surface area contributed by atoms with Crippen LogP contribution in [0.2, 0.25) is 0 Å². The summed E-state index contributed by atoms with van der Waals surface area (Å²) in [5, 5.41) is 12.8. The highest BCUT2D eigenvalue weighted by Crippen LogP contribution is 2.28. The van der Waals surface area contributed by atoms with Gasteiger partial charge in [-0.25, -0.2) is 8.78 Å². The van der Waals surface area contributed by atoms with Crippen molar-refractivity contribution in [2.24, 2.45) is 0 Å². The van der Waals surface area contributed by atoms with Crippen LogP contribution in [-0.4, -0.2) is 10.8 Å². The fourth-order valence-corrected chi connectivity index (χ4v) is 2.01. The zero-order valence-electron chi connectivity index (χ0n) is 10.3. The van der Waals surface area contributed by atoms with E-state index in [1.807, 2.05) is 5.32 Å². The molecule has 0 unspecified atom stereocenters. The third-order valence-corrected chi connectivity index (χ3v) is 3.24. The van der Waals surface area contributed by atoms with E-state index in [1.165, 1.54) is 18.2 Å². The van der Waals surface area contributed by atoms with Crippen molar-refractivity contribution >= 4 is 33.2 Å². The Morgan fingerprint density at radius 2 is 1.86 bits per heavy atom. The molecule has 0 saturated carbocycles. The zero-order valence-corrected chi connectivity index (χ0v) is 11.9. The lowest BCUT2D eigenvalue weighted by Crippen LogP contribution is -2.16. The van der Waals surface area contributed by atoms with Gasteiger partial charge in [0, 0.05) is 6.07 Å². The largest absolute Gasteiger partial charge is 0.314 e. The van der Waals surface area contributed by atoms with Crippen LogP contribution in [0, 0.1) is 21.7 Å². The summed E-state index contributed by atoms with van der Waals surface area (Å²) in [6, 6.07) is 7.12. The number of benzene rings is 2. The highest BCUT2D eigenvalue weighted by molar-refractivity contribution is 9.10. The summed E-state index contributed by atoms with van der Waals surface area (Å²) >= 11 is 2.91. The summed E-state index contributed by atoms with van der Waals surface area (Å²) < 4.78 is 27.5. The van der Waals surface area contributed by atoms with E-state index < -0.39 is 33.8 Å². The summed E-state index contributed by atoms with van der Waals surface area (Å²) in [5.41, 5.74) is -1.58. The van der Waals surface area contributed by atoms with E-state index in [9.17, 15) is 23.7 Å². The van der Waals surface area contributed by atoms with Gasteiger partial charge in [-0.2, -0.15) is 0 Å². The van der Waals surface area contributed by atoms with Crippen molar-refractivity contribution in [1.29, 1.82) is 0 Å². The lowest BCUT2D eigenvalue weighted by molar-refractivity contribution is -0.384. The molecule has 5 nitrogen and oxygen atoms in total. The van der Waals surface area contributed by atoms with Crippen LogP contribution in [0.1, 0.15) is 10.4 Å². The minimum atomic E-state index is -0.984. The number of nitro groups is 1. The molecule has 0 spiro atoms. The fourth-order valence-electron chi connectivity index (χ4n) is 1.65. The van der Waals surface area contributed by atoms with Crippen LogP contribution in [0.3, 0.4) is 0 Å². The fraction of sp³-hybridized carbons (Fsp3) is 0. The monoisotopic (exact) mass is 356 g/mol. The zero-order chi connectivity index (χ0) is 15.6. The number of amides is 1. The second-order valence-electron chi connectivity index (χ2n) is 3.95. The molecular formula is C13H7BrF2N2O3. The van der Waals surface area contributed by atoms with Gasteiger partial charge in [0.05, 0.1) is 15.0 Å². The molecule has 0 atom stereocenters. The number of nitrogens with one attached hydrogen (secondary N) is 1. The van der Waals surface area contributed by atoms with Crippen molar-refractivity contribution < 1.29 is 18.5 Å². The molecule has 21 heavy (non-hydrogen) atoms. The van der Waals surface area contributed by atoms with Crippen LogP contribution in [0.25, 0.3) is 0 Å². The van der Waals surface area contributed by atoms with Crippen LogP contribution in [0.5, 0.6) is 0 Å². The van der Waals surface area contributed by atoms with E-state index in [2.05, 4.69) is 15.9 Å². The first-order valence-electron chi connectivity index (χ1n) is 5.60. The number of hydrogen-bond donors (Lipinski definition) is 1. The van der Waals surface area contributed by atoms with Crippen molar-refractivity contribution in [3.05, 3.63) is 68.2 Å². The highest BCUT2D eigenvalue weighted by atomic mass is 79.9. The van der Waals surface area contributed by atoms with Crippen molar-refractivity contribution in [1.82, 2.24) is 0 Å². The number of halogens is 3. The molecule has 0 aliphatic carbocycles. The maximum atomic E-state index is 13.8. The Bertz CT molecular complexity index is 737. The molecule has 0 aliphatic rings. The van der Waals surface area contributed by atoms with Gasteiger partial charge in [0.25, 0.3) is 11.6 Å². The molecular weight excluding hydrogens is 350 g/mol. The molecule has 0 aromatic heterocycles. The number of carbonyl (C=O) groups excluding carboxylic acids is 1. The second kappa shape index (κ2) is 5.96. The van der Waals surface area contributed by atoms with Crippen molar-refractivity contribution in [2.75, 3.05) is 5.32 Å². The van der Waals surface area contributed by atoms with E-state index in [0.717, 1.165) is 18.2 Å². The van der Waals surface area contributed by atoms with Crippen LogP contribution in [0.4, 0.5) is 20.2 Å². The highest BCUT2D eigenvalue weighted by Gasteiger charge is 2.22. The Hall–Kier alpha value is -2.35. The molecule has 108 valence electrons. The van der Waals surface area contributed by atoms with Gasteiger partial charge in [-0.05, 0) is 34.1 Å². The van der Waals surface area contributed by atoms with Crippen LogP contribution in [-0.2, 0) is 0 Å². The summed E-state index contributed by atoms with van der Waals surface area (Å²) in [6.07, 6.45) is 0. The summed E-state index contributed by atoms with van der Waals surface area (Å²) in [4.78, 5) is 21.9. The number of hydrogen-bond acceptors (Lipinski definition) is 3. The lowest BCUT2D eigenvalue weighted by Gasteiger charge is -2.08. The number of anilines is 1. The molecule has 2 rings (SSSR count). The normalized spacial score (nSPS) is 10.2. The molecule has 1 N–H and O–H groups in total. The van der Waals surface area contributed by atoms with E-state index in [-0.39, 0.29) is 10.0 Å². The molecule has 0 fully saturated rings. The summed E-state index contributed by atoms with van der Waals surface area (Å²) in [6.45, 7) is 0. The number of carbonyl (C=O) groups is 1. The molecule has 2 aromatic carbocycles. The number of nitrogens with zero attached hydrogens (tertiary/aromatic N) is 1. The molecule has 0 saturated heterocycles. The predicted molar refractivity (Wildman–Crippen MR) is 75.1 cm³/mol. The topological polar surface area (TPSA) is 72.2 Å². The lowest BCUT2D eigenvalue weighted by atomic mass is 10.2. The minimum Gasteiger partial charge on any atom is -0.314 e. The molecule has 2 aromatic rings. The van der Waals surface area contributed by atoms with Crippen LogP contribution < -0.4 is 5.32 Å². The van der Waals surface area contributed by atoms with Gasteiger partial charge < -0.3 is 5.32 Å². The van der Waals surface area contributed by atoms with Gasteiger partial charge >= 0.3 is 0 Å². The standard InChI is InChI=1S/C13H7BrF2N2O3/c14-8-4-1-3-7(11(8)16)13(19)17-12-9(15)5-2-6-10(12)18(20)21/h1-6H,(H,17,19). The first kappa shape index (κ1) is 15.0. The van der Waals surface area contributed by atoms with Gasteiger partial charge in [-0.1, -0.05) is 12.1 Å². The third kappa shape index (κ3) is 3.05. The second-order valence-corrected chi connectivity index (χ2v) is 4.80. The first-order valence-corrected chi connectivity index (χ1v) is 6.39. The number of para-hydroxylation sites is 1. The van der Waals surface area contributed by atoms with Gasteiger partial charge in [0.2, 0.25) is 0 Å². The quantitative estimate of drug-likeness (QED) is 0.669. The molecule has 1 amide bonds. The van der Waals surface area contributed by atoms with E-state index >= 15 is 0 Å². The van der Waals surface area contributed by atoms with Gasteiger partial charge in [-0.3, -0.25) is 14.9 Å². The smallest absolute Gasteiger partial charge is 0.295 e. The van der Waals surface area contributed by atoms with E-state index in [4.69, 9.17) is 0 Å². The average molecular weight is 357 g/mol. The molecule has 0 aliphatic heterocycles. The van der Waals surface area contributed by atoms with Gasteiger partial charge in [0.15, 0.2) is 11.5 Å². The Morgan fingerprint density at radius 1 is 1.19 bits per heavy atom. The third-order valence-electron chi connectivity index (χ3n) is 2.62. The van der Waals surface area contributed by atoms with Gasteiger partial charge in [0.1, 0.15) is 5.82 Å². The van der Waals surface area contributed by atoms with Crippen LogP contribution >= 0.6 is 15.9 Å². The Labute approximate surface area is 125 Å². The predicted octanol–water partition coefficient (Wildman–Crippen LogP) is 3.89. The number of rotatable bonds is 3. The van der Waals surface area contributed by atoms with E-state index in [0.29, 0.717) is 0 Å². The van der Waals surface area contributed by atoms with Gasteiger partial charge in [-0.15, -0.1) is 0 Å². The maximum absolute atomic E-state index is 13.8. The molecule has 8 heteroatoms. The first-order chi connectivity index (χ1) is 9.91. The summed E-state index contributed by atoms with van der Waals surface area (Å²) in [7, 11) is 0. The minimum absolute atomic E-state index is 0.0539. The van der Waals surface area contributed by atoms with Crippen molar-refractivity contribution in [3.63, 3.8) is 0 Å². The maximum Gasteiger partial charge on any atom is 0.295 e. The van der Waals surface area contributed by atoms with E-state index in [1.54, 1.807) is 0 Å². The van der Waals surface area contributed by atoms with Crippen molar-refractivity contribution in [2.45, 2.75) is 0 Å². The van der Waals surface area contributed by atoms with Crippen molar-refractivity contribution in [3.8, 4) is 0 Å². The molecule has 0 radical (unpaired) electrons. The average Bonchev–Trinajstić information content (AvgIpc) is 2.43.